The number of morpholine rings is 1. The lowest BCUT2D eigenvalue weighted by atomic mass is 10.0. The van der Waals surface area contributed by atoms with Crippen molar-refractivity contribution in [3.05, 3.63) is 41.3 Å². The van der Waals surface area contributed by atoms with Crippen LogP contribution in [0.5, 0.6) is 5.75 Å². The Hall–Kier alpha value is -2.16. The number of benzene rings is 1. The van der Waals surface area contributed by atoms with Gasteiger partial charge >= 0.3 is 0 Å². The second-order valence-electron chi connectivity index (χ2n) is 7.61. The van der Waals surface area contributed by atoms with E-state index < -0.39 is 6.10 Å². The van der Waals surface area contributed by atoms with Gasteiger partial charge in [-0.1, -0.05) is 13.8 Å². The van der Waals surface area contributed by atoms with Crippen molar-refractivity contribution in [1.82, 2.24) is 15.1 Å². The smallest absolute Gasteiger partial charge is 0.131 e. The summed E-state index contributed by atoms with van der Waals surface area (Å²) in [7, 11) is 1.98. The van der Waals surface area contributed by atoms with Gasteiger partial charge in [0.15, 0.2) is 0 Å². The first-order chi connectivity index (χ1) is 14.0. The number of aryl methyl sites for hydroxylation is 1. The molecule has 2 N–H and O–H groups in total. The average molecular weight is 407 g/mol. The first-order valence-electron chi connectivity index (χ1n) is 10.1. The van der Waals surface area contributed by atoms with Gasteiger partial charge in [-0.05, 0) is 30.2 Å². The minimum Gasteiger partial charge on any atom is -0.491 e. The third-order valence-electron chi connectivity index (χ3n) is 4.94. The van der Waals surface area contributed by atoms with Crippen LogP contribution in [0.3, 0.4) is 0 Å². The number of anilines is 1. The quantitative estimate of drug-likeness (QED) is 0.664. The molecular formula is C21H31FN4O3. The second-order valence-corrected chi connectivity index (χ2v) is 7.61. The summed E-state index contributed by atoms with van der Waals surface area (Å²) in [5.74, 6) is 1.64. The van der Waals surface area contributed by atoms with Crippen molar-refractivity contribution in [3.63, 3.8) is 0 Å². The summed E-state index contributed by atoms with van der Waals surface area (Å²) < 4.78 is 25.9. The lowest BCUT2D eigenvalue weighted by molar-refractivity contribution is 0.106. The number of hydrogen-bond acceptors (Lipinski definition) is 6. The standard InChI is InChI=1S/C21H31FN4O3/c1-15(2)20-19(21(25(3)24-20)26-8-10-28-11-9-26)13-23-12-17(27)14-29-18-6-4-16(22)5-7-18/h4-7,15,17,23,27H,8-14H2,1-3H3. The number of hydrogen-bond donors (Lipinski definition) is 2. The maximum absolute atomic E-state index is 12.9. The molecule has 2 heterocycles. The largest absolute Gasteiger partial charge is 0.491 e. The van der Waals surface area contributed by atoms with Gasteiger partial charge in [0.2, 0.25) is 0 Å². The molecule has 0 spiro atoms. The van der Waals surface area contributed by atoms with E-state index >= 15 is 0 Å². The average Bonchev–Trinajstić information content (AvgIpc) is 3.04. The molecule has 0 aliphatic carbocycles. The summed E-state index contributed by atoms with van der Waals surface area (Å²) in [4.78, 5) is 2.31. The van der Waals surface area contributed by atoms with Crippen molar-refractivity contribution >= 4 is 5.82 Å². The zero-order valence-corrected chi connectivity index (χ0v) is 17.4. The van der Waals surface area contributed by atoms with Gasteiger partial charge in [-0.25, -0.2) is 4.39 Å². The van der Waals surface area contributed by atoms with Gasteiger partial charge in [0.25, 0.3) is 0 Å². The van der Waals surface area contributed by atoms with Gasteiger partial charge in [-0.3, -0.25) is 4.68 Å². The summed E-state index contributed by atoms with van der Waals surface area (Å²) in [5.41, 5.74) is 2.23. The van der Waals surface area contributed by atoms with Crippen molar-refractivity contribution in [2.75, 3.05) is 44.4 Å². The first kappa shape index (κ1) is 21.5. The van der Waals surface area contributed by atoms with Crippen LogP contribution in [0.4, 0.5) is 10.2 Å². The van der Waals surface area contributed by atoms with E-state index in [0.29, 0.717) is 38.0 Å². The number of aliphatic hydroxyl groups is 1. The van der Waals surface area contributed by atoms with E-state index in [-0.39, 0.29) is 12.4 Å². The maximum Gasteiger partial charge on any atom is 0.131 e. The molecule has 1 atom stereocenters. The van der Waals surface area contributed by atoms with Gasteiger partial charge < -0.3 is 24.8 Å². The zero-order valence-electron chi connectivity index (χ0n) is 17.4. The van der Waals surface area contributed by atoms with Crippen LogP contribution in [0.25, 0.3) is 0 Å². The Balaban J connectivity index is 1.58. The summed E-state index contributed by atoms with van der Waals surface area (Å²) in [5, 5.41) is 18.3. The first-order valence-corrected chi connectivity index (χ1v) is 10.1. The monoisotopic (exact) mass is 406 g/mol. The predicted molar refractivity (Wildman–Crippen MR) is 110 cm³/mol. The Kier molecular flexibility index (Phi) is 7.46. The fourth-order valence-electron chi connectivity index (χ4n) is 3.53. The number of nitrogens with zero attached hydrogens (tertiary/aromatic N) is 3. The van der Waals surface area contributed by atoms with E-state index in [1.807, 2.05) is 11.7 Å². The molecule has 160 valence electrons. The molecule has 0 amide bonds. The number of aromatic nitrogens is 2. The third-order valence-corrected chi connectivity index (χ3v) is 4.94. The lowest BCUT2D eigenvalue weighted by Crippen LogP contribution is -2.38. The molecule has 29 heavy (non-hydrogen) atoms. The van der Waals surface area contributed by atoms with Gasteiger partial charge in [0.1, 0.15) is 30.1 Å². The topological polar surface area (TPSA) is 71.8 Å². The van der Waals surface area contributed by atoms with Crippen LogP contribution in [0, 0.1) is 5.82 Å². The molecule has 2 aromatic rings. The fourth-order valence-corrected chi connectivity index (χ4v) is 3.53. The Labute approximate surface area is 171 Å². The van der Waals surface area contributed by atoms with Crippen LogP contribution in [0.2, 0.25) is 0 Å². The highest BCUT2D eigenvalue weighted by Gasteiger charge is 2.24. The zero-order chi connectivity index (χ0) is 20.8. The molecule has 0 radical (unpaired) electrons. The van der Waals surface area contributed by atoms with Crippen LogP contribution in [0.1, 0.15) is 31.0 Å². The molecular weight excluding hydrogens is 375 g/mol. The van der Waals surface area contributed by atoms with Crippen LogP contribution in [-0.2, 0) is 18.3 Å². The predicted octanol–water partition coefficient (Wildman–Crippen LogP) is 2.05. The minimum atomic E-state index is -0.675. The molecule has 1 saturated heterocycles. The molecule has 1 aliphatic rings. The van der Waals surface area contributed by atoms with Crippen molar-refractivity contribution in [1.29, 1.82) is 0 Å². The SMILES string of the molecule is CC(C)c1nn(C)c(N2CCOCC2)c1CNCC(O)COc1ccc(F)cc1. The lowest BCUT2D eigenvalue weighted by Gasteiger charge is -2.29. The number of nitrogens with one attached hydrogen (secondary N) is 1. The number of halogens is 1. The summed E-state index contributed by atoms with van der Waals surface area (Å²) in [6.07, 6.45) is -0.675. The van der Waals surface area contributed by atoms with E-state index in [2.05, 4.69) is 24.1 Å². The summed E-state index contributed by atoms with van der Waals surface area (Å²) in [6, 6.07) is 5.77. The van der Waals surface area contributed by atoms with Crippen molar-refractivity contribution < 1.29 is 19.0 Å². The maximum atomic E-state index is 12.9. The second kappa shape index (κ2) is 10.0. The molecule has 1 aromatic carbocycles. The third kappa shape index (κ3) is 5.68. The minimum absolute atomic E-state index is 0.138. The Morgan fingerprint density at radius 2 is 1.93 bits per heavy atom. The Morgan fingerprint density at radius 3 is 2.59 bits per heavy atom. The molecule has 3 rings (SSSR count). The normalized spacial score (nSPS) is 15.7. The Morgan fingerprint density at radius 1 is 1.24 bits per heavy atom. The molecule has 1 fully saturated rings. The summed E-state index contributed by atoms with van der Waals surface area (Å²) in [6.45, 7) is 8.54. The number of aliphatic hydroxyl groups excluding tert-OH is 1. The fraction of sp³-hybridized carbons (Fsp3) is 0.571. The molecule has 7 nitrogen and oxygen atoms in total. The van der Waals surface area contributed by atoms with Crippen LogP contribution in [-0.4, -0.2) is 60.4 Å². The number of ether oxygens (including phenoxy) is 2. The van der Waals surface area contributed by atoms with Crippen molar-refractivity contribution in [2.45, 2.75) is 32.4 Å². The van der Waals surface area contributed by atoms with Crippen molar-refractivity contribution in [3.8, 4) is 5.75 Å². The molecule has 0 saturated carbocycles. The molecule has 1 aromatic heterocycles. The van der Waals surface area contributed by atoms with Crippen LogP contribution < -0.4 is 15.0 Å². The molecule has 1 unspecified atom stereocenters. The number of rotatable bonds is 9. The molecule has 8 heteroatoms. The molecule has 1 aliphatic heterocycles. The highest BCUT2D eigenvalue weighted by Crippen LogP contribution is 2.28. The van der Waals surface area contributed by atoms with E-state index in [4.69, 9.17) is 14.6 Å². The van der Waals surface area contributed by atoms with Gasteiger partial charge in [0, 0.05) is 38.8 Å². The van der Waals surface area contributed by atoms with E-state index in [9.17, 15) is 9.50 Å². The Bertz CT molecular complexity index is 773. The van der Waals surface area contributed by atoms with E-state index in [1.54, 1.807) is 12.1 Å². The van der Waals surface area contributed by atoms with Crippen molar-refractivity contribution in [2.24, 2.45) is 7.05 Å². The van der Waals surface area contributed by atoms with Gasteiger partial charge in [-0.2, -0.15) is 5.10 Å². The van der Waals surface area contributed by atoms with E-state index in [1.165, 1.54) is 12.1 Å². The van der Waals surface area contributed by atoms with Gasteiger partial charge in [0.05, 0.1) is 18.9 Å². The highest BCUT2D eigenvalue weighted by atomic mass is 19.1. The highest BCUT2D eigenvalue weighted by molar-refractivity contribution is 5.51. The van der Waals surface area contributed by atoms with Crippen LogP contribution >= 0.6 is 0 Å². The van der Waals surface area contributed by atoms with E-state index in [0.717, 1.165) is 30.2 Å². The van der Waals surface area contributed by atoms with Crippen LogP contribution in [0.15, 0.2) is 24.3 Å². The van der Waals surface area contributed by atoms with Gasteiger partial charge in [-0.15, -0.1) is 0 Å². The molecule has 0 bridgehead atoms. The summed E-state index contributed by atoms with van der Waals surface area (Å²) >= 11 is 0.